The molecule has 104 valence electrons. The first-order valence-corrected chi connectivity index (χ1v) is 6.93. The maximum atomic E-state index is 11.0. The molecule has 0 unspecified atom stereocenters. The van der Waals surface area contributed by atoms with E-state index in [1.165, 1.54) is 32.1 Å². The van der Waals surface area contributed by atoms with Crippen molar-refractivity contribution in [2.24, 2.45) is 5.41 Å². The van der Waals surface area contributed by atoms with Gasteiger partial charge in [0.05, 0.1) is 5.56 Å². The number of hydrogen-bond acceptors (Lipinski definition) is 3. The van der Waals surface area contributed by atoms with E-state index in [0.717, 1.165) is 12.2 Å². The Hall–Kier alpha value is -1.71. The van der Waals surface area contributed by atoms with Crippen molar-refractivity contribution < 1.29 is 9.90 Å². The highest BCUT2D eigenvalue weighted by molar-refractivity contribution is 5.94. The molecule has 4 nitrogen and oxygen atoms in total. The maximum Gasteiger partial charge on any atom is 0.337 e. The van der Waals surface area contributed by atoms with E-state index in [4.69, 9.17) is 10.8 Å². The fraction of sp³-hybridized carbons (Fsp3) is 0.533. The van der Waals surface area contributed by atoms with Gasteiger partial charge in [-0.2, -0.15) is 0 Å². The van der Waals surface area contributed by atoms with Crippen LogP contribution in [0.5, 0.6) is 0 Å². The molecule has 0 atom stereocenters. The molecule has 4 heteroatoms. The number of carbonyl (C=O) groups is 1. The van der Waals surface area contributed by atoms with Crippen LogP contribution in [0.15, 0.2) is 18.2 Å². The van der Waals surface area contributed by atoms with Crippen molar-refractivity contribution in [1.82, 2.24) is 0 Å². The molecule has 0 bridgehead atoms. The lowest BCUT2D eigenvalue weighted by molar-refractivity contribution is 0.0698. The summed E-state index contributed by atoms with van der Waals surface area (Å²) in [5.74, 6) is -0.979. The Morgan fingerprint density at radius 2 is 2.11 bits per heavy atom. The average molecular weight is 262 g/mol. The molecule has 1 aromatic rings. The molecular formula is C15H22N2O2. The van der Waals surface area contributed by atoms with E-state index in [0.29, 0.717) is 11.1 Å². The zero-order chi connectivity index (χ0) is 13.9. The Balaban J connectivity index is 2.07. The number of aromatic carboxylic acids is 1. The highest BCUT2D eigenvalue weighted by atomic mass is 16.4. The normalized spacial score (nSPS) is 17.3. The third-order valence-electron chi connectivity index (χ3n) is 4.37. The molecule has 1 saturated carbocycles. The lowest BCUT2D eigenvalue weighted by Crippen LogP contribution is -2.26. The number of anilines is 2. The van der Waals surface area contributed by atoms with Crippen molar-refractivity contribution in [1.29, 1.82) is 0 Å². The second kappa shape index (κ2) is 5.51. The number of rotatable bonds is 5. The number of nitrogens with two attached hydrogens (primary N) is 1. The SMILES string of the molecule is CCC1(CNc2ccc(N)c(C(=O)O)c2)CCCC1. The Kier molecular flexibility index (Phi) is 3.98. The van der Waals surface area contributed by atoms with Gasteiger partial charge in [0.25, 0.3) is 0 Å². The van der Waals surface area contributed by atoms with E-state index in [1.54, 1.807) is 12.1 Å². The molecule has 0 aliphatic heterocycles. The molecule has 1 aromatic carbocycles. The Morgan fingerprint density at radius 3 is 2.68 bits per heavy atom. The molecule has 1 fully saturated rings. The minimum absolute atomic E-state index is 0.168. The van der Waals surface area contributed by atoms with E-state index in [2.05, 4.69) is 12.2 Å². The second-order valence-corrected chi connectivity index (χ2v) is 5.52. The molecule has 0 radical (unpaired) electrons. The van der Waals surface area contributed by atoms with Crippen molar-refractivity contribution in [3.63, 3.8) is 0 Å². The summed E-state index contributed by atoms with van der Waals surface area (Å²) in [7, 11) is 0. The van der Waals surface area contributed by atoms with Crippen molar-refractivity contribution in [2.75, 3.05) is 17.6 Å². The Labute approximate surface area is 114 Å². The van der Waals surface area contributed by atoms with Gasteiger partial charge in [-0.1, -0.05) is 19.8 Å². The summed E-state index contributed by atoms with van der Waals surface area (Å²) in [6.07, 6.45) is 6.30. The number of hydrogen-bond donors (Lipinski definition) is 3. The van der Waals surface area contributed by atoms with Crippen LogP contribution in [0, 0.1) is 5.41 Å². The van der Waals surface area contributed by atoms with Crippen LogP contribution in [-0.4, -0.2) is 17.6 Å². The van der Waals surface area contributed by atoms with Crippen LogP contribution < -0.4 is 11.1 Å². The van der Waals surface area contributed by atoms with Gasteiger partial charge in [0.2, 0.25) is 0 Å². The summed E-state index contributed by atoms with van der Waals surface area (Å²) in [5.41, 5.74) is 7.35. The zero-order valence-electron chi connectivity index (χ0n) is 11.4. The molecule has 4 N–H and O–H groups in total. The third-order valence-corrected chi connectivity index (χ3v) is 4.37. The largest absolute Gasteiger partial charge is 0.478 e. The fourth-order valence-corrected chi connectivity index (χ4v) is 2.92. The molecule has 0 spiro atoms. The maximum absolute atomic E-state index is 11.0. The average Bonchev–Trinajstić information content (AvgIpc) is 2.87. The van der Waals surface area contributed by atoms with E-state index in [1.807, 2.05) is 6.07 Å². The zero-order valence-corrected chi connectivity index (χ0v) is 11.4. The molecule has 19 heavy (non-hydrogen) atoms. The van der Waals surface area contributed by atoms with Gasteiger partial charge in [0.15, 0.2) is 0 Å². The van der Waals surface area contributed by atoms with E-state index < -0.39 is 5.97 Å². The molecule has 2 rings (SSSR count). The van der Waals surface area contributed by atoms with E-state index >= 15 is 0 Å². The number of carboxylic acids is 1. The predicted molar refractivity (Wildman–Crippen MR) is 77.5 cm³/mol. The molecule has 1 aliphatic carbocycles. The van der Waals surface area contributed by atoms with Gasteiger partial charge in [-0.05, 0) is 42.9 Å². The minimum atomic E-state index is -0.979. The number of benzene rings is 1. The van der Waals surface area contributed by atoms with Gasteiger partial charge in [-0.3, -0.25) is 0 Å². The van der Waals surface area contributed by atoms with Crippen LogP contribution in [-0.2, 0) is 0 Å². The van der Waals surface area contributed by atoms with Crippen molar-refractivity contribution in [3.05, 3.63) is 23.8 Å². The van der Waals surface area contributed by atoms with Gasteiger partial charge in [0, 0.05) is 17.9 Å². The molecule has 1 aliphatic rings. The van der Waals surface area contributed by atoms with Crippen LogP contribution >= 0.6 is 0 Å². The van der Waals surface area contributed by atoms with Crippen molar-refractivity contribution in [2.45, 2.75) is 39.0 Å². The monoisotopic (exact) mass is 262 g/mol. The molecule has 0 heterocycles. The first kappa shape index (κ1) is 13.7. The third kappa shape index (κ3) is 3.00. The van der Waals surface area contributed by atoms with E-state index in [-0.39, 0.29) is 5.56 Å². The predicted octanol–water partition coefficient (Wildman–Crippen LogP) is 3.35. The summed E-state index contributed by atoms with van der Waals surface area (Å²) >= 11 is 0. The standard InChI is InChI=1S/C15H22N2O2/c1-2-15(7-3-4-8-15)10-17-11-5-6-13(16)12(9-11)14(18)19/h5-6,9,17H,2-4,7-8,10,16H2,1H3,(H,18,19). The van der Waals surface area contributed by atoms with Crippen LogP contribution in [0.25, 0.3) is 0 Å². The lowest BCUT2D eigenvalue weighted by atomic mass is 9.83. The summed E-state index contributed by atoms with van der Waals surface area (Å²) in [5, 5.41) is 12.4. The van der Waals surface area contributed by atoms with Crippen molar-refractivity contribution >= 4 is 17.3 Å². The summed E-state index contributed by atoms with van der Waals surface area (Å²) < 4.78 is 0. The van der Waals surface area contributed by atoms with E-state index in [9.17, 15) is 4.79 Å². The topological polar surface area (TPSA) is 75.3 Å². The van der Waals surface area contributed by atoms with Crippen molar-refractivity contribution in [3.8, 4) is 0 Å². The van der Waals surface area contributed by atoms with Gasteiger partial charge in [0.1, 0.15) is 0 Å². The highest BCUT2D eigenvalue weighted by Crippen LogP contribution is 2.41. The quantitative estimate of drug-likeness (QED) is 0.711. The number of nitrogens with one attached hydrogen (secondary N) is 1. The van der Waals surface area contributed by atoms with Gasteiger partial charge in [-0.25, -0.2) is 4.79 Å². The summed E-state index contributed by atoms with van der Waals surface area (Å²) in [4.78, 5) is 11.0. The lowest BCUT2D eigenvalue weighted by Gasteiger charge is -2.28. The molecule has 0 amide bonds. The number of nitrogen functional groups attached to an aromatic ring is 1. The number of carboxylic acid groups (broad SMARTS) is 1. The van der Waals surface area contributed by atoms with Crippen LogP contribution in [0.4, 0.5) is 11.4 Å². The van der Waals surface area contributed by atoms with Gasteiger partial charge < -0.3 is 16.2 Å². The van der Waals surface area contributed by atoms with Gasteiger partial charge >= 0.3 is 5.97 Å². The molecule has 0 saturated heterocycles. The highest BCUT2D eigenvalue weighted by Gasteiger charge is 2.31. The first-order valence-electron chi connectivity index (χ1n) is 6.93. The smallest absolute Gasteiger partial charge is 0.337 e. The fourth-order valence-electron chi connectivity index (χ4n) is 2.92. The van der Waals surface area contributed by atoms with Gasteiger partial charge in [-0.15, -0.1) is 0 Å². The summed E-state index contributed by atoms with van der Waals surface area (Å²) in [6, 6.07) is 5.12. The Morgan fingerprint density at radius 1 is 1.42 bits per heavy atom. The molecule has 0 aromatic heterocycles. The molecular weight excluding hydrogens is 240 g/mol. The van der Waals surface area contributed by atoms with Crippen LogP contribution in [0.1, 0.15) is 49.4 Å². The minimum Gasteiger partial charge on any atom is -0.478 e. The second-order valence-electron chi connectivity index (χ2n) is 5.52. The van der Waals surface area contributed by atoms with Crippen LogP contribution in [0.2, 0.25) is 0 Å². The summed E-state index contributed by atoms with van der Waals surface area (Å²) in [6.45, 7) is 3.14. The first-order chi connectivity index (χ1) is 9.06. The van der Waals surface area contributed by atoms with Crippen LogP contribution in [0.3, 0.4) is 0 Å². The Bertz CT molecular complexity index is 465.